The Morgan fingerprint density at radius 2 is 1.81 bits per heavy atom. The van der Waals surface area contributed by atoms with E-state index >= 15 is 0 Å². The Hall–Kier alpha value is -2.08. The minimum Gasteiger partial charge on any atom is -0.493 e. The second-order valence-electron chi connectivity index (χ2n) is 6.97. The van der Waals surface area contributed by atoms with E-state index in [1.807, 2.05) is 42.5 Å². The van der Waals surface area contributed by atoms with E-state index in [9.17, 15) is 5.11 Å². The van der Waals surface area contributed by atoms with Crippen LogP contribution in [-0.2, 0) is 17.9 Å². The van der Waals surface area contributed by atoms with Gasteiger partial charge in [-0.2, -0.15) is 0 Å². The van der Waals surface area contributed by atoms with Crippen LogP contribution in [-0.4, -0.2) is 49.5 Å². The van der Waals surface area contributed by atoms with E-state index in [1.54, 1.807) is 14.2 Å². The third kappa shape index (κ3) is 5.70. The Balaban J connectivity index is 1.55. The van der Waals surface area contributed by atoms with Crippen molar-refractivity contribution in [3.05, 3.63) is 59.7 Å². The van der Waals surface area contributed by atoms with Gasteiger partial charge in [-0.25, -0.2) is 0 Å². The van der Waals surface area contributed by atoms with Gasteiger partial charge in [0.25, 0.3) is 0 Å². The molecule has 0 saturated heterocycles. The zero-order valence-corrected chi connectivity index (χ0v) is 16.1. The molecule has 1 aliphatic carbocycles. The number of methoxy groups -OCH3 is 2. The van der Waals surface area contributed by atoms with Crippen LogP contribution < -0.4 is 9.47 Å². The van der Waals surface area contributed by atoms with E-state index in [1.165, 1.54) is 12.8 Å². The summed E-state index contributed by atoms with van der Waals surface area (Å²) in [4.78, 5) is 2.31. The highest BCUT2D eigenvalue weighted by molar-refractivity contribution is 5.46. The minimum atomic E-state index is -0.522. The Bertz CT molecular complexity index is 703. The molecule has 2 aromatic carbocycles. The maximum atomic E-state index is 10.5. The predicted octanol–water partition coefficient (Wildman–Crippen LogP) is 3.25. The number of ether oxygens (including phenoxy) is 3. The van der Waals surface area contributed by atoms with E-state index in [0.717, 1.165) is 29.2 Å². The molecule has 3 rings (SSSR count). The highest BCUT2D eigenvalue weighted by Gasteiger charge is 2.31. The lowest BCUT2D eigenvalue weighted by Crippen LogP contribution is -2.36. The lowest BCUT2D eigenvalue weighted by molar-refractivity contribution is 0.00694. The Labute approximate surface area is 161 Å². The van der Waals surface area contributed by atoms with Gasteiger partial charge >= 0.3 is 0 Å². The monoisotopic (exact) mass is 371 g/mol. The zero-order valence-electron chi connectivity index (χ0n) is 16.1. The normalized spacial score (nSPS) is 15.0. The average molecular weight is 371 g/mol. The third-order valence-corrected chi connectivity index (χ3v) is 4.79. The SMILES string of the molecule is COc1cccc(CN(CC(O)COCc2ccccc2)C2CC2)c1OC. The first-order chi connectivity index (χ1) is 13.2. The molecule has 0 aliphatic heterocycles. The van der Waals surface area contributed by atoms with Gasteiger partial charge in [-0.15, -0.1) is 0 Å². The molecule has 0 bridgehead atoms. The van der Waals surface area contributed by atoms with E-state index in [4.69, 9.17) is 14.2 Å². The molecule has 5 heteroatoms. The molecule has 1 aliphatic rings. The highest BCUT2D eigenvalue weighted by Crippen LogP contribution is 2.34. The van der Waals surface area contributed by atoms with E-state index in [-0.39, 0.29) is 0 Å². The number of para-hydroxylation sites is 1. The van der Waals surface area contributed by atoms with Crippen LogP contribution in [0.3, 0.4) is 0 Å². The number of aliphatic hydroxyl groups is 1. The van der Waals surface area contributed by atoms with Crippen molar-refractivity contribution in [2.75, 3.05) is 27.4 Å². The lowest BCUT2D eigenvalue weighted by atomic mass is 10.1. The van der Waals surface area contributed by atoms with Crippen LogP contribution in [0.15, 0.2) is 48.5 Å². The smallest absolute Gasteiger partial charge is 0.165 e. The predicted molar refractivity (Wildman–Crippen MR) is 105 cm³/mol. The summed E-state index contributed by atoms with van der Waals surface area (Å²) in [5.74, 6) is 1.50. The fraction of sp³-hybridized carbons (Fsp3) is 0.455. The number of rotatable bonds is 11. The van der Waals surface area contributed by atoms with Gasteiger partial charge in [0.05, 0.1) is 33.5 Å². The van der Waals surface area contributed by atoms with Crippen molar-refractivity contribution in [3.8, 4) is 11.5 Å². The molecular weight excluding hydrogens is 342 g/mol. The molecule has 1 unspecified atom stereocenters. The topological polar surface area (TPSA) is 51.2 Å². The van der Waals surface area contributed by atoms with Gasteiger partial charge in [-0.05, 0) is 24.5 Å². The van der Waals surface area contributed by atoms with Crippen LogP contribution >= 0.6 is 0 Å². The van der Waals surface area contributed by atoms with Crippen molar-refractivity contribution >= 4 is 0 Å². The second kappa shape index (κ2) is 9.74. The Morgan fingerprint density at radius 1 is 1.04 bits per heavy atom. The second-order valence-corrected chi connectivity index (χ2v) is 6.97. The standard InChI is InChI=1S/C22H29NO4/c1-25-21-10-6-9-18(22(21)26-2)13-23(19-11-12-19)14-20(24)16-27-15-17-7-4-3-5-8-17/h3-10,19-20,24H,11-16H2,1-2H3. The quantitative estimate of drug-likeness (QED) is 0.657. The summed E-state index contributed by atoms with van der Waals surface area (Å²) in [6.45, 7) is 2.15. The van der Waals surface area contributed by atoms with Crippen molar-refractivity contribution in [3.63, 3.8) is 0 Å². The molecule has 1 fully saturated rings. The first kappa shape index (κ1) is 19.7. The molecular formula is C22H29NO4. The van der Waals surface area contributed by atoms with E-state index in [2.05, 4.69) is 11.0 Å². The van der Waals surface area contributed by atoms with Gasteiger partial charge < -0.3 is 19.3 Å². The van der Waals surface area contributed by atoms with Gasteiger partial charge in [-0.1, -0.05) is 42.5 Å². The van der Waals surface area contributed by atoms with Crippen LogP contribution in [0.2, 0.25) is 0 Å². The fourth-order valence-electron chi connectivity index (χ4n) is 3.29. The number of hydrogen-bond acceptors (Lipinski definition) is 5. The average Bonchev–Trinajstić information content (AvgIpc) is 3.53. The largest absolute Gasteiger partial charge is 0.493 e. The molecule has 1 saturated carbocycles. The van der Waals surface area contributed by atoms with Gasteiger partial charge in [0.15, 0.2) is 11.5 Å². The Morgan fingerprint density at radius 3 is 2.48 bits per heavy atom. The highest BCUT2D eigenvalue weighted by atomic mass is 16.5. The van der Waals surface area contributed by atoms with Crippen LogP contribution in [0.25, 0.3) is 0 Å². The van der Waals surface area contributed by atoms with Gasteiger partial charge in [0, 0.05) is 24.7 Å². The van der Waals surface area contributed by atoms with Crippen molar-refractivity contribution in [1.82, 2.24) is 4.90 Å². The van der Waals surface area contributed by atoms with E-state index < -0.39 is 6.10 Å². The van der Waals surface area contributed by atoms with Gasteiger partial charge in [-0.3, -0.25) is 4.90 Å². The lowest BCUT2D eigenvalue weighted by Gasteiger charge is -2.26. The molecule has 5 nitrogen and oxygen atoms in total. The summed E-state index contributed by atoms with van der Waals surface area (Å²) in [5, 5.41) is 10.5. The van der Waals surface area contributed by atoms with Crippen LogP contribution in [0.5, 0.6) is 11.5 Å². The molecule has 1 N–H and O–H groups in total. The van der Waals surface area contributed by atoms with Crippen LogP contribution in [0, 0.1) is 0 Å². The number of nitrogens with zero attached hydrogens (tertiary/aromatic N) is 1. The number of aliphatic hydroxyl groups excluding tert-OH is 1. The molecule has 0 aromatic heterocycles. The molecule has 27 heavy (non-hydrogen) atoms. The maximum absolute atomic E-state index is 10.5. The molecule has 0 amide bonds. The summed E-state index contributed by atoms with van der Waals surface area (Å²) >= 11 is 0. The summed E-state index contributed by atoms with van der Waals surface area (Å²) in [7, 11) is 3.31. The summed E-state index contributed by atoms with van der Waals surface area (Å²) in [5.41, 5.74) is 2.19. The van der Waals surface area contributed by atoms with E-state index in [0.29, 0.717) is 25.8 Å². The van der Waals surface area contributed by atoms with Crippen molar-refractivity contribution in [1.29, 1.82) is 0 Å². The number of benzene rings is 2. The summed E-state index contributed by atoms with van der Waals surface area (Å²) in [6, 6.07) is 16.5. The molecule has 2 aromatic rings. The number of hydrogen-bond donors (Lipinski definition) is 1. The van der Waals surface area contributed by atoms with Crippen molar-refractivity contribution in [2.45, 2.75) is 38.1 Å². The van der Waals surface area contributed by atoms with Crippen LogP contribution in [0.1, 0.15) is 24.0 Å². The molecule has 0 heterocycles. The minimum absolute atomic E-state index is 0.327. The Kier molecular flexibility index (Phi) is 7.10. The van der Waals surface area contributed by atoms with Crippen molar-refractivity contribution in [2.24, 2.45) is 0 Å². The summed E-state index contributed by atoms with van der Waals surface area (Å²) in [6.07, 6.45) is 1.82. The maximum Gasteiger partial charge on any atom is 0.165 e. The first-order valence-corrected chi connectivity index (χ1v) is 9.45. The zero-order chi connectivity index (χ0) is 19.1. The van der Waals surface area contributed by atoms with Crippen LogP contribution in [0.4, 0.5) is 0 Å². The van der Waals surface area contributed by atoms with Crippen molar-refractivity contribution < 1.29 is 19.3 Å². The molecule has 0 radical (unpaired) electrons. The third-order valence-electron chi connectivity index (χ3n) is 4.79. The first-order valence-electron chi connectivity index (χ1n) is 9.45. The molecule has 146 valence electrons. The molecule has 0 spiro atoms. The molecule has 1 atom stereocenters. The van der Waals surface area contributed by atoms with Gasteiger partial charge in [0.2, 0.25) is 0 Å². The summed E-state index contributed by atoms with van der Waals surface area (Å²) < 4.78 is 16.6. The fourth-order valence-corrected chi connectivity index (χ4v) is 3.29. The van der Waals surface area contributed by atoms with Gasteiger partial charge in [0.1, 0.15) is 0 Å².